The summed E-state index contributed by atoms with van der Waals surface area (Å²) in [7, 11) is 0. The van der Waals surface area contributed by atoms with Crippen molar-refractivity contribution in [2.45, 2.75) is 84.7 Å². The Balaban J connectivity index is 2.06. The highest BCUT2D eigenvalue weighted by Crippen LogP contribution is 2.39. The fourth-order valence-corrected chi connectivity index (χ4v) is 3.65. The van der Waals surface area contributed by atoms with Crippen LogP contribution in [-0.4, -0.2) is 22.4 Å². The lowest BCUT2D eigenvalue weighted by Crippen LogP contribution is -2.46. The summed E-state index contributed by atoms with van der Waals surface area (Å²) < 4.78 is 2.13. The van der Waals surface area contributed by atoms with E-state index in [1.165, 1.54) is 37.8 Å². The van der Waals surface area contributed by atoms with Gasteiger partial charge >= 0.3 is 0 Å². The van der Waals surface area contributed by atoms with Crippen molar-refractivity contribution in [2.24, 2.45) is 5.41 Å². The van der Waals surface area contributed by atoms with Gasteiger partial charge in [0.25, 0.3) is 0 Å². The molecule has 0 saturated heterocycles. The maximum atomic E-state index is 4.81. The molecule has 3 nitrogen and oxygen atoms in total. The van der Waals surface area contributed by atoms with Gasteiger partial charge in [-0.05, 0) is 44.2 Å². The lowest BCUT2D eigenvalue weighted by Gasteiger charge is -2.41. The van der Waals surface area contributed by atoms with Crippen molar-refractivity contribution in [3.63, 3.8) is 0 Å². The lowest BCUT2D eigenvalue weighted by molar-refractivity contribution is 0.144. The monoisotopic (exact) mass is 291 g/mol. The number of likely N-dealkylation sites (N-methyl/N-ethyl adjacent to an activating group) is 1. The largest absolute Gasteiger partial charge is 0.313 e. The van der Waals surface area contributed by atoms with Gasteiger partial charge in [0.2, 0.25) is 0 Å². The molecule has 1 aromatic rings. The van der Waals surface area contributed by atoms with Gasteiger partial charge in [-0.1, -0.05) is 40.0 Å². The van der Waals surface area contributed by atoms with E-state index in [0.717, 1.165) is 19.4 Å². The van der Waals surface area contributed by atoms with Crippen LogP contribution in [0.1, 0.15) is 78.0 Å². The Morgan fingerprint density at radius 2 is 2.00 bits per heavy atom. The first-order valence-electron chi connectivity index (χ1n) is 8.86. The molecular formula is C18H33N3. The summed E-state index contributed by atoms with van der Waals surface area (Å²) in [5, 5.41) is 8.55. The van der Waals surface area contributed by atoms with Gasteiger partial charge in [0.05, 0.1) is 5.69 Å². The van der Waals surface area contributed by atoms with E-state index in [1.54, 1.807) is 0 Å². The van der Waals surface area contributed by atoms with Crippen LogP contribution in [0.4, 0.5) is 0 Å². The summed E-state index contributed by atoms with van der Waals surface area (Å²) in [5.74, 6) is 0. The van der Waals surface area contributed by atoms with Crippen molar-refractivity contribution >= 4 is 0 Å². The standard InChI is InChI=1S/C18H33N3/c1-5-15(3)21-13-10-16(20-21)14-17(19-6-2)18(4)11-8-7-9-12-18/h10,13,15,17,19H,5-9,11-12,14H2,1-4H3. The van der Waals surface area contributed by atoms with E-state index in [-0.39, 0.29) is 0 Å². The molecule has 0 amide bonds. The Kier molecular flexibility index (Phi) is 5.86. The highest BCUT2D eigenvalue weighted by Gasteiger charge is 2.35. The van der Waals surface area contributed by atoms with E-state index in [9.17, 15) is 0 Å². The van der Waals surface area contributed by atoms with E-state index in [0.29, 0.717) is 17.5 Å². The van der Waals surface area contributed by atoms with Crippen LogP contribution in [0.15, 0.2) is 12.3 Å². The molecule has 0 spiro atoms. The number of aromatic nitrogens is 2. The SMILES string of the molecule is CCNC(Cc1ccn(C(C)CC)n1)C1(C)CCCCC1. The third-order valence-corrected chi connectivity index (χ3v) is 5.41. The first-order chi connectivity index (χ1) is 10.1. The minimum Gasteiger partial charge on any atom is -0.313 e. The third kappa shape index (κ3) is 4.09. The van der Waals surface area contributed by atoms with Gasteiger partial charge in [-0.15, -0.1) is 0 Å². The fourth-order valence-electron chi connectivity index (χ4n) is 3.65. The molecule has 1 aromatic heterocycles. The summed E-state index contributed by atoms with van der Waals surface area (Å²) in [6, 6.07) is 3.27. The summed E-state index contributed by atoms with van der Waals surface area (Å²) in [5.41, 5.74) is 1.68. The highest BCUT2D eigenvalue weighted by molar-refractivity contribution is 5.05. The zero-order chi connectivity index (χ0) is 15.3. The number of nitrogens with zero attached hydrogens (tertiary/aromatic N) is 2. The van der Waals surface area contributed by atoms with Crippen LogP contribution in [0.25, 0.3) is 0 Å². The molecular weight excluding hydrogens is 258 g/mol. The molecule has 2 unspecified atom stereocenters. The Labute approximate surface area is 130 Å². The van der Waals surface area contributed by atoms with E-state index < -0.39 is 0 Å². The van der Waals surface area contributed by atoms with E-state index >= 15 is 0 Å². The molecule has 1 heterocycles. The van der Waals surface area contributed by atoms with E-state index in [1.807, 2.05) is 0 Å². The molecule has 1 fully saturated rings. The smallest absolute Gasteiger partial charge is 0.0640 e. The van der Waals surface area contributed by atoms with Crippen LogP contribution in [0.5, 0.6) is 0 Å². The van der Waals surface area contributed by atoms with Gasteiger partial charge in [-0.3, -0.25) is 4.68 Å². The molecule has 2 rings (SSSR count). The number of hydrogen-bond donors (Lipinski definition) is 1. The maximum absolute atomic E-state index is 4.81. The van der Waals surface area contributed by atoms with Crippen molar-refractivity contribution in [1.29, 1.82) is 0 Å². The van der Waals surface area contributed by atoms with Crippen LogP contribution in [0, 0.1) is 5.41 Å². The van der Waals surface area contributed by atoms with Crippen molar-refractivity contribution in [1.82, 2.24) is 15.1 Å². The normalized spacial score (nSPS) is 21.1. The minimum atomic E-state index is 0.439. The minimum absolute atomic E-state index is 0.439. The second kappa shape index (κ2) is 7.44. The van der Waals surface area contributed by atoms with Crippen LogP contribution in [0.2, 0.25) is 0 Å². The van der Waals surface area contributed by atoms with Gasteiger partial charge in [0.15, 0.2) is 0 Å². The molecule has 2 atom stereocenters. The molecule has 120 valence electrons. The number of hydrogen-bond acceptors (Lipinski definition) is 2. The Morgan fingerprint density at radius 3 is 2.62 bits per heavy atom. The molecule has 1 aliphatic rings. The van der Waals surface area contributed by atoms with Gasteiger partial charge in [-0.25, -0.2) is 0 Å². The second-order valence-electron chi connectivity index (χ2n) is 7.07. The number of rotatable bonds is 7. The van der Waals surface area contributed by atoms with Crippen molar-refractivity contribution in [3.8, 4) is 0 Å². The number of nitrogens with one attached hydrogen (secondary N) is 1. The van der Waals surface area contributed by atoms with Gasteiger partial charge in [0, 0.05) is 24.7 Å². The second-order valence-corrected chi connectivity index (χ2v) is 7.07. The summed E-state index contributed by atoms with van der Waals surface area (Å²) >= 11 is 0. The quantitative estimate of drug-likeness (QED) is 0.809. The Hall–Kier alpha value is -0.830. The molecule has 0 aliphatic heterocycles. The third-order valence-electron chi connectivity index (χ3n) is 5.41. The van der Waals surface area contributed by atoms with Crippen LogP contribution >= 0.6 is 0 Å². The zero-order valence-corrected chi connectivity index (χ0v) is 14.4. The first kappa shape index (κ1) is 16.5. The van der Waals surface area contributed by atoms with Gasteiger partial charge < -0.3 is 5.32 Å². The molecule has 1 aliphatic carbocycles. The van der Waals surface area contributed by atoms with Gasteiger partial charge in [0.1, 0.15) is 0 Å². The van der Waals surface area contributed by atoms with Crippen molar-refractivity contribution in [2.75, 3.05) is 6.54 Å². The molecule has 3 heteroatoms. The molecule has 1 saturated carbocycles. The predicted octanol–water partition coefficient (Wildman–Crippen LogP) is 4.35. The molecule has 0 bridgehead atoms. The predicted molar refractivity (Wildman–Crippen MR) is 89.6 cm³/mol. The Bertz CT molecular complexity index is 418. The maximum Gasteiger partial charge on any atom is 0.0640 e. The summed E-state index contributed by atoms with van der Waals surface area (Å²) in [6.07, 6.45) is 11.3. The fraction of sp³-hybridized carbons (Fsp3) is 0.833. The molecule has 0 radical (unpaired) electrons. The van der Waals surface area contributed by atoms with Crippen LogP contribution in [-0.2, 0) is 6.42 Å². The topological polar surface area (TPSA) is 29.9 Å². The molecule has 0 aromatic carbocycles. The van der Waals surface area contributed by atoms with Crippen LogP contribution < -0.4 is 5.32 Å². The average Bonchev–Trinajstić information content (AvgIpc) is 2.95. The average molecular weight is 291 g/mol. The first-order valence-corrected chi connectivity index (χ1v) is 8.86. The van der Waals surface area contributed by atoms with Crippen molar-refractivity contribution < 1.29 is 0 Å². The van der Waals surface area contributed by atoms with E-state index in [4.69, 9.17) is 5.10 Å². The van der Waals surface area contributed by atoms with Crippen LogP contribution in [0.3, 0.4) is 0 Å². The summed E-state index contributed by atoms with van der Waals surface area (Å²) in [6.45, 7) is 10.2. The van der Waals surface area contributed by atoms with E-state index in [2.05, 4.69) is 50.0 Å². The molecule has 1 N–H and O–H groups in total. The molecule has 21 heavy (non-hydrogen) atoms. The Morgan fingerprint density at radius 1 is 1.29 bits per heavy atom. The van der Waals surface area contributed by atoms with Gasteiger partial charge in [-0.2, -0.15) is 5.10 Å². The summed E-state index contributed by atoms with van der Waals surface area (Å²) in [4.78, 5) is 0. The zero-order valence-electron chi connectivity index (χ0n) is 14.4. The van der Waals surface area contributed by atoms with Crippen molar-refractivity contribution in [3.05, 3.63) is 18.0 Å². The highest BCUT2D eigenvalue weighted by atomic mass is 15.3. The lowest BCUT2D eigenvalue weighted by atomic mass is 9.69.